The minimum atomic E-state index is -4.25. The largest absolute Gasteiger partial charge is 0.405 e. The van der Waals surface area contributed by atoms with E-state index in [-0.39, 0.29) is 0 Å². The lowest BCUT2D eigenvalue weighted by Gasteiger charge is -2.23. The molecule has 0 aliphatic carbocycles. The van der Waals surface area contributed by atoms with Gasteiger partial charge in [-0.25, -0.2) is 0 Å². The van der Waals surface area contributed by atoms with Gasteiger partial charge in [0.05, 0.1) is 5.52 Å². The van der Waals surface area contributed by atoms with E-state index in [9.17, 15) is 13.2 Å². The molecule has 1 heterocycles. The standard InChI is InChI=1S/C13H14F3N3/c1-8-5-12(19(2)7-13(14,15)16)10-6-9(17)3-4-11(10)18-8/h3-6H,7,17H2,1-2H3. The molecular formula is C13H14F3N3. The third kappa shape index (κ3) is 3.07. The molecule has 19 heavy (non-hydrogen) atoms. The van der Waals surface area contributed by atoms with Gasteiger partial charge in [-0.2, -0.15) is 13.2 Å². The van der Waals surface area contributed by atoms with E-state index in [1.165, 1.54) is 7.05 Å². The molecule has 3 nitrogen and oxygen atoms in total. The van der Waals surface area contributed by atoms with Crippen molar-refractivity contribution in [3.05, 3.63) is 30.0 Å². The van der Waals surface area contributed by atoms with Crippen LogP contribution in [0.5, 0.6) is 0 Å². The number of alkyl halides is 3. The maximum Gasteiger partial charge on any atom is 0.405 e. The first-order chi connectivity index (χ1) is 8.76. The Labute approximate surface area is 108 Å². The number of hydrogen-bond acceptors (Lipinski definition) is 3. The molecule has 0 unspecified atom stereocenters. The molecule has 0 bridgehead atoms. The van der Waals surface area contributed by atoms with Crippen molar-refractivity contribution in [2.24, 2.45) is 0 Å². The fourth-order valence-corrected chi connectivity index (χ4v) is 2.02. The molecule has 0 aliphatic rings. The van der Waals surface area contributed by atoms with E-state index >= 15 is 0 Å². The quantitative estimate of drug-likeness (QED) is 0.852. The number of fused-ring (bicyclic) bond motifs is 1. The zero-order chi connectivity index (χ0) is 14.2. The summed E-state index contributed by atoms with van der Waals surface area (Å²) in [6.07, 6.45) is -4.25. The number of rotatable bonds is 2. The molecule has 0 saturated carbocycles. The number of hydrogen-bond donors (Lipinski definition) is 1. The summed E-state index contributed by atoms with van der Waals surface area (Å²) in [5.41, 5.74) is 7.97. The Morgan fingerprint density at radius 3 is 2.58 bits per heavy atom. The summed E-state index contributed by atoms with van der Waals surface area (Å²) in [6, 6.07) is 6.67. The Kier molecular flexibility index (Phi) is 3.26. The Morgan fingerprint density at radius 1 is 1.26 bits per heavy atom. The summed E-state index contributed by atoms with van der Waals surface area (Å²) in [5, 5.41) is 0.623. The number of nitrogen functional groups attached to an aromatic ring is 1. The average Bonchev–Trinajstić information content (AvgIpc) is 2.26. The normalized spacial score (nSPS) is 11.8. The van der Waals surface area contributed by atoms with E-state index in [2.05, 4.69) is 4.98 Å². The molecule has 102 valence electrons. The highest BCUT2D eigenvalue weighted by Gasteiger charge is 2.30. The fraction of sp³-hybridized carbons (Fsp3) is 0.308. The smallest absolute Gasteiger partial charge is 0.399 e. The van der Waals surface area contributed by atoms with Gasteiger partial charge in [0.1, 0.15) is 6.54 Å². The molecule has 0 amide bonds. The van der Waals surface area contributed by atoms with Crippen LogP contribution in [0.25, 0.3) is 10.9 Å². The molecule has 1 aromatic carbocycles. The summed E-state index contributed by atoms with van der Waals surface area (Å²) in [7, 11) is 1.41. The zero-order valence-corrected chi connectivity index (χ0v) is 10.6. The van der Waals surface area contributed by atoms with Crippen LogP contribution in [-0.4, -0.2) is 24.8 Å². The van der Waals surface area contributed by atoms with E-state index in [0.29, 0.717) is 28.0 Å². The molecule has 1 aromatic heterocycles. The highest BCUT2D eigenvalue weighted by atomic mass is 19.4. The molecule has 2 rings (SSSR count). The first-order valence-electron chi connectivity index (χ1n) is 5.71. The molecular weight excluding hydrogens is 255 g/mol. The first-order valence-corrected chi connectivity index (χ1v) is 5.71. The molecule has 0 atom stereocenters. The molecule has 0 spiro atoms. The molecule has 0 radical (unpaired) electrons. The predicted molar refractivity (Wildman–Crippen MR) is 70.2 cm³/mol. The molecule has 6 heteroatoms. The van der Waals surface area contributed by atoms with Gasteiger partial charge in [0, 0.05) is 29.5 Å². The van der Waals surface area contributed by atoms with Crippen molar-refractivity contribution in [2.75, 3.05) is 24.2 Å². The Morgan fingerprint density at radius 2 is 1.95 bits per heavy atom. The summed E-state index contributed by atoms with van der Waals surface area (Å²) >= 11 is 0. The van der Waals surface area contributed by atoms with Crippen LogP contribution in [-0.2, 0) is 0 Å². The van der Waals surface area contributed by atoms with Gasteiger partial charge in [-0.15, -0.1) is 0 Å². The van der Waals surface area contributed by atoms with Crippen LogP contribution >= 0.6 is 0 Å². The number of nitrogens with zero attached hydrogens (tertiary/aromatic N) is 2. The van der Waals surface area contributed by atoms with Gasteiger partial charge in [-0.05, 0) is 31.2 Å². The summed E-state index contributed by atoms with van der Waals surface area (Å²) in [4.78, 5) is 5.46. The van der Waals surface area contributed by atoms with Crippen LogP contribution in [0.2, 0.25) is 0 Å². The summed E-state index contributed by atoms with van der Waals surface area (Å²) in [5.74, 6) is 0. The van der Waals surface area contributed by atoms with E-state index in [0.717, 1.165) is 4.90 Å². The lowest BCUT2D eigenvalue weighted by molar-refractivity contribution is -0.119. The Hall–Kier alpha value is -1.98. The van der Waals surface area contributed by atoms with Crippen LogP contribution < -0.4 is 10.6 Å². The molecule has 2 N–H and O–H groups in total. The van der Waals surface area contributed by atoms with Gasteiger partial charge in [0.2, 0.25) is 0 Å². The van der Waals surface area contributed by atoms with Crippen molar-refractivity contribution in [1.29, 1.82) is 0 Å². The van der Waals surface area contributed by atoms with Gasteiger partial charge in [0.15, 0.2) is 0 Å². The Bertz CT molecular complexity index is 608. The summed E-state index contributed by atoms with van der Waals surface area (Å²) in [6.45, 7) is 0.737. The number of aromatic nitrogens is 1. The minimum Gasteiger partial charge on any atom is -0.399 e. The molecule has 0 aliphatic heterocycles. The van der Waals surface area contributed by atoms with Crippen LogP contribution in [0.15, 0.2) is 24.3 Å². The highest BCUT2D eigenvalue weighted by Crippen LogP contribution is 2.29. The van der Waals surface area contributed by atoms with Gasteiger partial charge < -0.3 is 10.6 Å². The van der Waals surface area contributed by atoms with Crippen LogP contribution in [0.3, 0.4) is 0 Å². The number of benzene rings is 1. The van der Waals surface area contributed by atoms with Crippen molar-refractivity contribution >= 4 is 22.3 Å². The third-order valence-electron chi connectivity index (χ3n) is 2.77. The fourth-order valence-electron chi connectivity index (χ4n) is 2.02. The van der Waals surface area contributed by atoms with E-state index in [4.69, 9.17) is 5.73 Å². The lowest BCUT2D eigenvalue weighted by atomic mass is 10.1. The Balaban J connectivity index is 2.55. The van der Waals surface area contributed by atoms with Gasteiger partial charge in [-0.1, -0.05) is 0 Å². The van der Waals surface area contributed by atoms with Gasteiger partial charge in [-0.3, -0.25) is 4.98 Å². The predicted octanol–water partition coefficient (Wildman–Crippen LogP) is 3.12. The maximum atomic E-state index is 12.5. The van der Waals surface area contributed by atoms with Crippen LogP contribution in [0.4, 0.5) is 24.5 Å². The second-order valence-electron chi connectivity index (χ2n) is 4.53. The highest BCUT2D eigenvalue weighted by molar-refractivity contribution is 5.93. The van der Waals surface area contributed by atoms with Crippen molar-refractivity contribution < 1.29 is 13.2 Å². The second-order valence-corrected chi connectivity index (χ2v) is 4.53. The maximum absolute atomic E-state index is 12.5. The number of aryl methyl sites for hydroxylation is 1. The van der Waals surface area contributed by atoms with Crippen molar-refractivity contribution in [1.82, 2.24) is 4.98 Å². The van der Waals surface area contributed by atoms with E-state index in [1.54, 1.807) is 31.2 Å². The monoisotopic (exact) mass is 269 g/mol. The van der Waals surface area contributed by atoms with E-state index < -0.39 is 12.7 Å². The van der Waals surface area contributed by atoms with Crippen LogP contribution in [0, 0.1) is 6.92 Å². The van der Waals surface area contributed by atoms with Crippen molar-refractivity contribution in [3.8, 4) is 0 Å². The third-order valence-corrected chi connectivity index (χ3v) is 2.77. The van der Waals surface area contributed by atoms with Crippen LogP contribution in [0.1, 0.15) is 5.69 Å². The lowest BCUT2D eigenvalue weighted by Crippen LogP contribution is -2.31. The van der Waals surface area contributed by atoms with E-state index in [1.807, 2.05) is 0 Å². The minimum absolute atomic E-state index is 0.479. The first kappa shape index (κ1) is 13.5. The van der Waals surface area contributed by atoms with Gasteiger partial charge in [0.25, 0.3) is 0 Å². The van der Waals surface area contributed by atoms with Gasteiger partial charge >= 0.3 is 6.18 Å². The number of nitrogens with two attached hydrogens (primary N) is 1. The summed E-state index contributed by atoms with van der Waals surface area (Å²) < 4.78 is 37.5. The number of pyridine rings is 1. The second kappa shape index (κ2) is 4.60. The SMILES string of the molecule is Cc1cc(N(C)CC(F)(F)F)c2cc(N)ccc2n1. The zero-order valence-electron chi connectivity index (χ0n) is 10.6. The molecule has 2 aromatic rings. The number of anilines is 2. The average molecular weight is 269 g/mol. The van der Waals surface area contributed by atoms with Crippen molar-refractivity contribution in [2.45, 2.75) is 13.1 Å². The number of halogens is 3. The topological polar surface area (TPSA) is 42.1 Å². The molecule has 0 fully saturated rings. The van der Waals surface area contributed by atoms with Crippen molar-refractivity contribution in [3.63, 3.8) is 0 Å². The molecule has 0 saturated heterocycles.